The Hall–Kier alpha value is -2.76. The molecular formula is C19H24FN3O2. The molecule has 1 atom stereocenters. The van der Waals surface area contributed by atoms with Gasteiger partial charge in [-0.1, -0.05) is 24.3 Å². The fraction of sp³-hybridized carbons (Fsp3) is 0.316. The predicted octanol–water partition coefficient (Wildman–Crippen LogP) is 2.97. The molecule has 0 bridgehead atoms. The summed E-state index contributed by atoms with van der Waals surface area (Å²) < 4.78 is 24.7. The Morgan fingerprint density at radius 3 is 2.60 bits per heavy atom. The van der Waals surface area contributed by atoms with Crippen LogP contribution in [0.15, 0.2) is 53.5 Å². The first-order valence-electron chi connectivity index (χ1n) is 8.11. The standard InChI is InChI=1S/C19H24FN3O2/c1-14(25-17-9-6-8-16(11-17)24-3)12-22-19(21-2)23-13-15-7-4-5-10-18(15)20/h4-11,14H,12-13H2,1-3H3,(H2,21,22,23). The highest BCUT2D eigenvalue weighted by atomic mass is 19.1. The van der Waals surface area contributed by atoms with Crippen LogP contribution < -0.4 is 20.1 Å². The zero-order valence-electron chi connectivity index (χ0n) is 14.8. The molecule has 5 nitrogen and oxygen atoms in total. The minimum absolute atomic E-state index is 0.0842. The fourth-order valence-electron chi connectivity index (χ4n) is 2.23. The second-order valence-electron chi connectivity index (χ2n) is 5.51. The van der Waals surface area contributed by atoms with Crippen molar-refractivity contribution in [3.63, 3.8) is 0 Å². The molecule has 0 saturated heterocycles. The predicted molar refractivity (Wildman–Crippen MR) is 97.7 cm³/mol. The number of hydrogen-bond donors (Lipinski definition) is 2. The van der Waals surface area contributed by atoms with Gasteiger partial charge in [0.2, 0.25) is 0 Å². The number of hydrogen-bond acceptors (Lipinski definition) is 3. The molecule has 0 heterocycles. The van der Waals surface area contributed by atoms with Gasteiger partial charge in [-0.15, -0.1) is 0 Å². The van der Waals surface area contributed by atoms with Crippen molar-refractivity contribution in [3.8, 4) is 11.5 Å². The van der Waals surface area contributed by atoms with Gasteiger partial charge in [0.1, 0.15) is 23.4 Å². The number of rotatable bonds is 7. The summed E-state index contributed by atoms with van der Waals surface area (Å²) in [6.45, 7) is 2.86. The average molecular weight is 345 g/mol. The number of halogens is 1. The van der Waals surface area contributed by atoms with Gasteiger partial charge in [0.15, 0.2) is 5.96 Å². The maximum Gasteiger partial charge on any atom is 0.191 e. The van der Waals surface area contributed by atoms with Crippen molar-refractivity contribution in [2.24, 2.45) is 4.99 Å². The van der Waals surface area contributed by atoms with Crippen LogP contribution in [0.5, 0.6) is 11.5 Å². The lowest BCUT2D eigenvalue weighted by Gasteiger charge is -2.18. The van der Waals surface area contributed by atoms with E-state index in [4.69, 9.17) is 9.47 Å². The lowest BCUT2D eigenvalue weighted by atomic mass is 10.2. The fourth-order valence-corrected chi connectivity index (χ4v) is 2.23. The van der Waals surface area contributed by atoms with Gasteiger partial charge in [-0.3, -0.25) is 4.99 Å². The van der Waals surface area contributed by atoms with Gasteiger partial charge in [-0.05, 0) is 25.1 Å². The first-order chi connectivity index (χ1) is 12.1. The molecule has 134 valence electrons. The maximum absolute atomic E-state index is 13.6. The second-order valence-corrected chi connectivity index (χ2v) is 5.51. The highest BCUT2D eigenvalue weighted by Gasteiger charge is 2.07. The smallest absolute Gasteiger partial charge is 0.191 e. The quantitative estimate of drug-likeness (QED) is 0.598. The Bertz CT molecular complexity index is 707. The highest BCUT2D eigenvalue weighted by Crippen LogP contribution is 2.19. The van der Waals surface area contributed by atoms with Crippen LogP contribution in [0.2, 0.25) is 0 Å². The third kappa shape index (κ3) is 5.99. The van der Waals surface area contributed by atoms with Crippen LogP contribution in [0.25, 0.3) is 0 Å². The Morgan fingerprint density at radius 2 is 1.88 bits per heavy atom. The van der Waals surface area contributed by atoms with E-state index in [0.717, 1.165) is 11.5 Å². The van der Waals surface area contributed by atoms with E-state index in [1.54, 1.807) is 32.4 Å². The molecule has 0 aliphatic carbocycles. The number of nitrogens with zero attached hydrogens (tertiary/aromatic N) is 1. The van der Waals surface area contributed by atoms with Gasteiger partial charge in [0.25, 0.3) is 0 Å². The molecule has 0 radical (unpaired) electrons. The Labute approximate surface area is 147 Å². The first kappa shape index (κ1) is 18.6. The van der Waals surface area contributed by atoms with Crippen molar-refractivity contribution in [1.29, 1.82) is 0 Å². The molecule has 6 heteroatoms. The van der Waals surface area contributed by atoms with E-state index >= 15 is 0 Å². The van der Waals surface area contributed by atoms with Crippen molar-refractivity contribution >= 4 is 5.96 Å². The van der Waals surface area contributed by atoms with E-state index in [0.29, 0.717) is 24.6 Å². The second kappa shape index (κ2) is 9.52. The van der Waals surface area contributed by atoms with E-state index in [-0.39, 0.29) is 11.9 Å². The van der Waals surface area contributed by atoms with Gasteiger partial charge in [0.05, 0.1) is 13.7 Å². The van der Waals surface area contributed by atoms with E-state index < -0.39 is 0 Å². The molecular weight excluding hydrogens is 321 g/mol. The van der Waals surface area contributed by atoms with Crippen LogP contribution in [0, 0.1) is 5.82 Å². The molecule has 0 fully saturated rings. The van der Waals surface area contributed by atoms with Gasteiger partial charge in [0, 0.05) is 25.2 Å². The summed E-state index contributed by atoms with van der Waals surface area (Å²) in [4.78, 5) is 4.14. The number of nitrogens with one attached hydrogen (secondary N) is 2. The molecule has 0 aromatic heterocycles. The minimum Gasteiger partial charge on any atom is -0.497 e. The molecule has 2 aromatic carbocycles. The molecule has 0 amide bonds. The Morgan fingerprint density at radius 1 is 1.12 bits per heavy atom. The molecule has 2 aromatic rings. The van der Waals surface area contributed by atoms with Gasteiger partial charge in [-0.25, -0.2) is 4.39 Å². The van der Waals surface area contributed by atoms with Crippen LogP contribution >= 0.6 is 0 Å². The van der Waals surface area contributed by atoms with Gasteiger partial charge >= 0.3 is 0 Å². The summed E-state index contributed by atoms with van der Waals surface area (Å²) >= 11 is 0. The van der Waals surface area contributed by atoms with Crippen LogP contribution in [-0.4, -0.2) is 32.8 Å². The average Bonchev–Trinajstić information content (AvgIpc) is 2.63. The van der Waals surface area contributed by atoms with E-state index in [1.807, 2.05) is 31.2 Å². The zero-order chi connectivity index (χ0) is 18.1. The first-order valence-corrected chi connectivity index (χ1v) is 8.11. The number of aliphatic imine (C=N–C) groups is 1. The van der Waals surface area contributed by atoms with Crippen molar-refractivity contribution in [3.05, 3.63) is 59.9 Å². The molecule has 0 saturated carbocycles. The Kier molecular flexibility index (Phi) is 7.07. The normalized spacial score (nSPS) is 12.4. The third-order valence-corrected chi connectivity index (χ3v) is 3.56. The van der Waals surface area contributed by atoms with Crippen molar-refractivity contribution in [2.45, 2.75) is 19.6 Å². The summed E-state index contributed by atoms with van der Waals surface area (Å²) in [7, 11) is 3.29. The van der Waals surface area contributed by atoms with E-state index in [1.165, 1.54) is 6.07 Å². The summed E-state index contributed by atoms with van der Waals surface area (Å²) in [6.07, 6.45) is -0.0842. The Balaban J connectivity index is 1.80. The molecule has 0 spiro atoms. The van der Waals surface area contributed by atoms with Crippen molar-refractivity contribution < 1.29 is 13.9 Å². The summed E-state index contributed by atoms with van der Waals surface area (Å²) in [5, 5.41) is 6.26. The van der Waals surface area contributed by atoms with E-state index in [2.05, 4.69) is 15.6 Å². The molecule has 0 aliphatic rings. The SMILES string of the molecule is CN=C(NCc1ccccc1F)NCC(C)Oc1cccc(OC)c1. The van der Waals surface area contributed by atoms with Gasteiger partial charge < -0.3 is 20.1 Å². The zero-order valence-corrected chi connectivity index (χ0v) is 14.8. The van der Waals surface area contributed by atoms with E-state index in [9.17, 15) is 4.39 Å². The monoisotopic (exact) mass is 345 g/mol. The summed E-state index contributed by atoms with van der Waals surface area (Å²) in [6, 6.07) is 14.1. The third-order valence-electron chi connectivity index (χ3n) is 3.56. The lowest BCUT2D eigenvalue weighted by molar-refractivity contribution is 0.223. The van der Waals surface area contributed by atoms with Crippen molar-refractivity contribution in [2.75, 3.05) is 20.7 Å². The van der Waals surface area contributed by atoms with Crippen molar-refractivity contribution in [1.82, 2.24) is 10.6 Å². The summed E-state index contributed by atoms with van der Waals surface area (Å²) in [5.74, 6) is 1.84. The number of guanidine groups is 1. The minimum atomic E-state index is -0.236. The topological polar surface area (TPSA) is 54.9 Å². The van der Waals surface area contributed by atoms with Crippen LogP contribution in [0.1, 0.15) is 12.5 Å². The highest BCUT2D eigenvalue weighted by molar-refractivity contribution is 5.79. The number of methoxy groups -OCH3 is 1. The largest absolute Gasteiger partial charge is 0.497 e. The summed E-state index contributed by atoms with van der Waals surface area (Å²) in [5.41, 5.74) is 0.589. The molecule has 0 aliphatic heterocycles. The lowest BCUT2D eigenvalue weighted by Crippen LogP contribution is -2.41. The van der Waals surface area contributed by atoms with Crippen LogP contribution in [0.3, 0.4) is 0 Å². The number of benzene rings is 2. The van der Waals surface area contributed by atoms with Crippen LogP contribution in [-0.2, 0) is 6.54 Å². The number of ether oxygens (including phenoxy) is 2. The van der Waals surface area contributed by atoms with Gasteiger partial charge in [-0.2, -0.15) is 0 Å². The molecule has 25 heavy (non-hydrogen) atoms. The molecule has 1 unspecified atom stereocenters. The molecule has 2 N–H and O–H groups in total. The molecule has 2 rings (SSSR count). The maximum atomic E-state index is 13.6. The van der Waals surface area contributed by atoms with Crippen LogP contribution in [0.4, 0.5) is 4.39 Å².